The summed E-state index contributed by atoms with van der Waals surface area (Å²) in [7, 11) is 0. The molecular formula is C13H14BrNO. The number of amides is 1. The lowest BCUT2D eigenvalue weighted by Gasteiger charge is -2.16. The van der Waals surface area contributed by atoms with Gasteiger partial charge in [0.1, 0.15) is 0 Å². The van der Waals surface area contributed by atoms with Crippen LogP contribution in [0.1, 0.15) is 18.4 Å². The van der Waals surface area contributed by atoms with E-state index in [-0.39, 0.29) is 5.91 Å². The zero-order valence-electron chi connectivity index (χ0n) is 9.08. The smallest absolute Gasteiger partial charge is 0.253 e. The molecule has 0 radical (unpaired) electrons. The zero-order valence-corrected chi connectivity index (χ0v) is 10.7. The molecule has 0 bridgehead atoms. The van der Waals surface area contributed by atoms with Crippen LogP contribution in [0.2, 0.25) is 0 Å². The summed E-state index contributed by atoms with van der Waals surface area (Å²) < 4.78 is 1.01. The number of likely N-dealkylation sites (tertiary alicyclic amines) is 1. The predicted octanol–water partition coefficient (Wildman–Crippen LogP) is 3.08. The van der Waals surface area contributed by atoms with Gasteiger partial charge in [-0.1, -0.05) is 34.6 Å². The zero-order chi connectivity index (χ0) is 11.5. The minimum Gasteiger partial charge on any atom is -0.339 e. The standard InChI is InChI=1S/C13H14BrNO/c1-10(11-4-6-12(14)7-5-11)13(16)15-8-2-3-9-15/h4-7H,1-3,8-9H2. The minimum atomic E-state index is 0.0693. The Morgan fingerprint density at radius 3 is 2.31 bits per heavy atom. The van der Waals surface area contributed by atoms with E-state index >= 15 is 0 Å². The highest BCUT2D eigenvalue weighted by atomic mass is 79.9. The van der Waals surface area contributed by atoms with E-state index in [1.54, 1.807) is 0 Å². The lowest BCUT2D eigenvalue weighted by molar-refractivity contribution is -0.123. The number of rotatable bonds is 2. The Bertz CT molecular complexity index is 404. The van der Waals surface area contributed by atoms with Crippen molar-refractivity contribution in [1.82, 2.24) is 4.90 Å². The molecule has 1 aliphatic rings. The molecule has 84 valence electrons. The molecule has 0 N–H and O–H groups in total. The molecule has 1 heterocycles. The molecule has 2 nitrogen and oxygen atoms in total. The highest BCUT2D eigenvalue weighted by Gasteiger charge is 2.20. The van der Waals surface area contributed by atoms with Crippen LogP contribution in [0.15, 0.2) is 35.3 Å². The van der Waals surface area contributed by atoms with Crippen LogP contribution < -0.4 is 0 Å². The van der Waals surface area contributed by atoms with Crippen molar-refractivity contribution in [2.45, 2.75) is 12.8 Å². The molecule has 1 amide bonds. The van der Waals surface area contributed by atoms with E-state index in [2.05, 4.69) is 22.5 Å². The fraction of sp³-hybridized carbons (Fsp3) is 0.308. The highest BCUT2D eigenvalue weighted by molar-refractivity contribution is 9.10. The summed E-state index contributed by atoms with van der Waals surface area (Å²) in [5.41, 5.74) is 1.49. The Balaban J connectivity index is 2.12. The van der Waals surface area contributed by atoms with Crippen molar-refractivity contribution in [3.05, 3.63) is 40.9 Å². The molecule has 1 saturated heterocycles. The van der Waals surface area contributed by atoms with Gasteiger partial charge in [0, 0.05) is 23.1 Å². The monoisotopic (exact) mass is 279 g/mol. The first-order chi connectivity index (χ1) is 7.68. The second-order valence-electron chi connectivity index (χ2n) is 3.98. The van der Waals surface area contributed by atoms with Gasteiger partial charge in [0.05, 0.1) is 0 Å². The van der Waals surface area contributed by atoms with Crippen molar-refractivity contribution in [3.63, 3.8) is 0 Å². The molecule has 1 aliphatic heterocycles. The molecule has 0 atom stereocenters. The van der Waals surface area contributed by atoms with Gasteiger partial charge in [0.15, 0.2) is 0 Å². The van der Waals surface area contributed by atoms with Crippen LogP contribution >= 0.6 is 15.9 Å². The molecule has 0 unspecified atom stereocenters. The van der Waals surface area contributed by atoms with Crippen LogP contribution in [0.5, 0.6) is 0 Å². The number of carbonyl (C=O) groups is 1. The Morgan fingerprint density at radius 1 is 1.19 bits per heavy atom. The highest BCUT2D eigenvalue weighted by Crippen LogP contribution is 2.20. The van der Waals surface area contributed by atoms with Gasteiger partial charge in [-0.3, -0.25) is 4.79 Å². The van der Waals surface area contributed by atoms with Crippen LogP contribution in [0.4, 0.5) is 0 Å². The summed E-state index contributed by atoms with van der Waals surface area (Å²) in [6.07, 6.45) is 2.22. The number of benzene rings is 1. The van der Waals surface area contributed by atoms with Gasteiger partial charge in [-0.25, -0.2) is 0 Å². The van der Waals surface area contributed by atoms with Gasteiger partial charge in [-0.2, -0.15) is 0 Å². The fourth-order valence-electron chi connectivity index (χ4n) is 1.89. The number of nitrogens with zero attached hydrogens (tertiary/aromatic N) is 1. The van der Waals surface area contributed by atoms with Crippen LogP contribution in [0.3, 0.4) is 0 Å². The summed E-state index contributed by atoms with van der Waals surface area (Å²) >= 11 is 3.37. The van der Waals surface area contributed by atoms with Gasteiger partial charge in [-0.15, -0.1) is 0 Å². The van der Waals surface area contributed by atoms with Crippen LogP contribution in [0.25, 0.3) is 5.57 Å². The Hall–Kier alpha value is -1.09. The molecule has 2 rings (SSSR count). The minimum absolute atomic E-state index is 0.0693. The molecule has 1 fully saturated rings. The summed E-state index contributed by atoms with van der Waals surface area (Å²) in [5, 5.41) is 0. The predicted molar refractivity (Wildman–Crippen MR) is 69.0 cm³/mol. The van der Waals surface area contributed by atoms with E-state index in [1.807, 2.05) is 29.2 Å². The first-order valence-electron chi connectivity index (χ1n) is 5.42. The lowest BCUT2D eigenvalue weighted by atomic mass is 10.1. The van der Waals surface area contributed by atoms with Crippen LogP contribution in [0, 0.1) is 0 Å². The summed E-state index contributed by atoms with van der Waals surface area (Å²) in [6, 6.07) is 7.69. The first kappa shape index (κ1) is 11.4. The Labute approximate surface area is 104 Å². The second-order valence-corrected chi connectivity index (χ2v) is 4.90. The molecule has 16 heavy (non-hydrogen) atoms. The summed E-state index contributed by atoms with van der Waals surface area (Å²) in [4.78, 5) is 13.9. The van der Waals surface area contributed by atoms with E-state index in [4.69, 9.17) is 0 Å². The average Bonchev–Trinajstić information content (AvgIpc) is 2.81. The third kappa shape index (κ3) is 2.35. The topological polar surface area (TPSA) is 20.3 Å². The Kier molecular flexibility index (Phi) is 3.44. The van der Waals surface area contributed by atoms with E-state index < -0.39 is 0 Å². The number of hydrogen-bond acceptors (Lipinski definition) is 1. The van der Waals surface area contributed by atoms with Gasteiger partial charge in [0.2, 0.25) is 0 Å². The van der Waals surface area contributed by atoms with Crippen LogP contribution in [-0.4, -0.2) is 23.9 Å². The van der Waals surface area contributed by atoms with E-state index in [9.17, 15) is 4.79 Å². The number of halogens is 1. The SMILES string of the molecule is C=C(C(=O)N1CCCC1)c1ccc(Br)cc1. The first-order valence-corrected chi connectivity index (χ1v) is 6.22. The summed E-state index contributed by atoms with van der Waals surface area (Å²) in [6.45, 7) is 5.63. The normalized spacial score (nSPS) is 15.2. The molecule has 0 saturated carbocycles. The second kappa shape index (κ2) is 4.83. The van der Waals surface area contributed by atoms with E-state index in [1.165, 1.54) is 0 Å². The van der Waals surface area contributed by atoms with Crippen molar-refractivity contribution in [3.8, 4) is 0 Å². The molecule has 1 aromatic carbocycles. The van der Waals surface area contributed by atoms with Crippen LogP contribution in [-0.2, 0) is 4.79 Å². The molecule has 3 heteroatoms. The third-order valence-electron chi connectivity index (χ3n) is 2.84. The van der Waals surface area contributed by atoms with Crippen molar-refractivity contribution in [1.29, 1.82) is 0 Å². The van der Waals surface area contributed by atoms with Crippen molar-refractivity contribution >= 4 is 27.4 Å². The molecule has 0 spiro atoms. The van der Waals surface area contributed by atoms with E-state index in [0.717, 1.165) is 36.0 Å². The maximum absolute atomic E-state index is 12.0. The van der Waals surface area contributed by atoms with Crippen molar-refractivity contribution < 1.29 is 4.79 Å². The van der Waals surface area contributed by atoms with Gasteiger partial charge in [-0.05, 0) is 30.5 Å². The van der Waals surface area contributed by atoms with E-state index in [0.29, 0.717) is 5.57 Å². The summed E-state index contributed by atoms with van der Waals surface area (Å²) in [5.74, 6) is 0.0693. The number of carbonyl (C=O) groups excluding carboxylic acids is 1. The maximum atomic E-state index is 12.0. The maximum Gasteiger partial charge on any atom is 0.253 e. The van der Waals surface area contributed by atoms with Gasteiger partial charge >= 0.3 is 0 Å². The molecule has 0 aromatic heterocycles. The number of hydrogen-bond donors (Lipinski definition) is 0. The Morgan fingerprint density at radius 2 is 1.75 bits per heavy atom. The molecule has 0 aliphatic carbocycles. The average molecular weight is 280 g/mol. The molecule has 1 aromatic rings. The fourth-order valence-corrected chi connectivity index (χ4v) is 2.15. The lowest BCUT2D eigenvalue weighted by Crippen LogP contribution is -2.28. The molecular weight excluding hydrogens is 266 g/mol. The van der Waals surface area contributed by atoms with Gasteiger partial charge < -0.3 is 4.90 Å². The van der Waals surface area contributed by atoms with Crippen molar-refractivity contribution in [2.24, 2.45) is 0 Å². The van der Waals surface area contributed by atoms with Gasteiger partial charge in [0.25, 0.3) is 5.91 Å². The largest absolute Gasteiger partial charge is 0.339 e. The quantitative estimate of drug-likeness (QED) is 0.762. The third-order valence-corrected chi connectivity index (χ3v) is 3.37. The van der Waals surface area contributed by atoms with Crippen molar-refractivity contribution in [2.75, 3.05) is 13.1 Å².